The average Bonchev–Trinajstić information content (AvgIpc) is 3.13. The van der Waals surface area contributed by atoms with Crippen molar-refractivity contribution in [1.82, 2.24) is 9.97 Å². The number of halogens is 1. The molecule has 0 atom stereocenters. The Kier molecular flexibility index (Phi) is 4.57. The van der Waals surface area contributed by atoms with Gasteiger partial charge in [0.1, 0.15) is 11.5 Å². The molecule has 2 aromatic carbocycles. The van der Waals surface area contributed by atoms with Gasteiger partial charge < -0.3 is 16.0 Å². The van der Waals surface area contributed by atoms with Crippen LogP contribution < -0.4 is 11.1 Å². The number of hydrogen-bond donors (Lipinski definition) is 3. The molecule has 140 valence electrons. The monoisotopic (exact) mass is 372 g/mol. The molecule has 0 aliphatic rings. The van der Waals surface area contributed by atoms with Gasteiger partial charge in [-0.15, -0.1) is 0 Å². The predicted octanol–water partition coefficient (Wildman–Crippen LogP) is 5.60. The zero-order valence-corrected chi connectivity index (χ0v) is 15.6. The van der Waals surface area contributed by atoms with Gasteiger partial charge in [0.05, 0.1) is 5.69 Å². The summed E-state index contributed by atoms with van der Waals surface area (Å²) in [5.74, 6) is -0.266. The maximum atomic E-state index is 13.3. The zero-order chi connectivity index (χ0) is 19.7. The Bertz CT molecular complexity index is 1160. The number of H-pyrrole nitrogens is 1. The highest BCUT2D eigenvalue weighted by atomic mass is 19.1. The largest absolute Gasteiger partial charge is 0.399 e. The van der Waals surface area contributed by atoms with Crippen LogP contribution in [0.15, 0.2) is 67.4 Å². The van der Waals surface area contributed by atoms with Crippen molar-refractivity contribution in [2.24, 2.45) is 5.73 Å². The summed E-state index contributed by atoms with van der Waals surface area (Å²) in [7, 11) is 0. The number of hydrogen-bond acceptors (Lipinski definition) is 3. The van der Waals surface area contributed by atoms with Crippen LogP contribution in [-0.2, 0) is 6.42 Å². The van der Waals surface area contributed by atoms with Crippen molar-refractivity contribution in [3.63, 3.8) is 0 Å². The number of aromatic nitrogens is 2. The van der Waals surface area contributed by atoms with Crippen LogP contribution in [0.2, 0.25) is 0 Å². The third-order valence-corrected chi connectivity index (χ3v) is 4.82. The first-order valence-corrected chi connectivity index (χ1v) is 9.14. The van der Waals surface area contributed by atoms with Gasteiger partial charge in [-0.2, -0.15) is 0 Å². The topological polar surface area (TPSA) is 66.7 Å². The highest BCUT2D eigenvalue weighted by Crippen LogP contribution is 2.35. The molecule has 4 nitrogen and oxygen atoms in total. The van der Waals surface area contributed by atoms with Crippen molar-refractivity contribution in [3.05, 3.63) is 84.3 Å². The van der Waals surface area contributed by atoms with Crippen LogP contribution in [-0.4, -0.2) is 9.97 Å². The molecule has 0 saturated carbocycles. The fraction of sp³-hybridized carbons (Fsp3) is 0.0870. The minimum atomic E-state index is -0.266. The van der Waals surface area contributed by atoms with Gasteiger partial charge in [-0.25, -0.2) is 9.37 Å². The van der Waals surface area contributed by atoms with E-state index in [1.807, 2.05) is 24.3 Å². The van der Waals surface area contributed by atoms with Crippen LogP contribution in [0.1, 0.15) is 18.1 Å². The fourth-order valence-electron chi connectivity index (χ4n) is 3.32. The second kappa shape index (κ2) is 7.19. The molecule has 4 N–H and O–H groups in total. The Morgan fingerprint density at radius 2 is 1.93 bits per heavy atom. The molecule has 0 saturated heterocycles. The van der Waals surface area contributed by atoms with Crippen molar-refractivity contribution in [2.75, 3.05) is 5.32 Å². The normalized spacial score (nSPS) is 10.9. The number of rotatable bonds is 5. The van der Waals surface area contributed by atoms with E-state index >= 15 is 0 Å². The van der Waals surface area contributed by atoms with Gasteiger partial charge in [-0.1, -0.05) is 31.7 Å². The molecule has 5 heteroatoms. The lowest BCUT2D eigenvalue weighted by molar-refractivity contribution is 0.628. The van der Waals surface area contributed by atoms with Gasteiger partial charge in [0.15, 0.2) is 0 Å². The third kappa shape index (κ3) is 3.22. The minimum absolute atomic E-state index is 0.266. The van der Waals surface area contributed by atoms with Crippen LogP contribution in [0.4, 0.5) is 15.8 Å². The number of pyridine rings is 1. The highest BCUT2D eigenvalue weighted by Gasteiger charge is 2.15. The molecule has 0 aliphatic carbocycles. The molecular weight excluding hydrogens is 351 g/mol. The molecule has 2 aromatic heterocycles. The maximum Gasteiger partial charge on any atom is 0.139 e. The Morgan fingerprint density at radius 3 is 2.64 bits per heavy atom. The molecule has 0 fully saturated rings. The SMILES string of the molecule is C=C(N)c1cnc2[nH]c(-c3ccc(F)cc3)cc2c1Nc1ccccc1CC. The minimum Gasteiger partial charge on any atom is -0.399 e. The average molecular weight is 372 g/mol. The van der Waals surface area contributed by atoms with E-state index in [1.165, 1.54) is 17.7 Å². The van der Waals surface area contributed by atoms with Crippen LogP contribution >= 0.6 is 0 Å². The molecular formula is C23H21FN4. The fourth-order valence-corrected chi connectivity index (χ4v) is 3.32. The number of nitrogens with two attached hydrogens (primary N) is 1. The lowest BCUT2D eigenvalue weighted by Gasteiger charge is -2.15. The van der Waals surface area contributed by atoms with Crippen molar-refractivity contribution < 1.29 is 4.39 Å². The van der Waals surface area contributed by atoms with E-state index < -0.39 is 0 Å². The zero-order valence-electron chi connectivity index (χ0n) is 15.6. The Labute approximate surface area is 162 Å². The molecule has 2 heterocycles. The van der Waals surface area contributed by atoms with Crippen molar-refractivity contribution in [1.29, 1.82) is 0 Å². The summed E-state index contributed by atoms with van der Waals surface area (Å²) < 4.78 is 13.3. The van der Waals surface area contributed by atoms with Crippen LogP contribution in [0, 0.1) is 5.82 Å². The van der Waals surface area contributed by atoms with Gasteiger partial charge in [-0.05, 0) is 53.9 Å². The standard InChI is InChI=1S/C23H21FN4/c1-3-15-6-4-5-7-20(15)27-22-18-12-21(16-8-10-17(24)11-9-16)28-23(18)26-13-19(22)14(2)25/h4-13H,2-3,25H2,1H3,(H2,26,27,28). The highest BCUT2D eigenvalue weighted by molar-refractivity contribution is 6.00. The molecule has 0 spiro atoms. The van der Waals surface area contributed by atoms with E-state index in [2.05, 4.69) is 34.9 Å². The Morgan fingerprint density at radius 1 is 1.18 bits per heavy atom. The summed E-state index contributed by atoms with van der Waals surface area (Å²) in [4.78, 5) is 7.81. The van der Waals surface area contributed by atoms with E-state index in [-0.39, 0.29) is 5.82 Å². The van der Waals surface area contributed by atoms with E-state index in [0.29, 0.717) is 5.70 Å². The van der Waals surface area contributed by atoms with E-state index in [0.717, 1.165) is 45.6 Å². The number of aromatic amines is 1. The lowest BCUT2D eigenvalue weighted by atomic mass is 10.1. The van der Waals surface area contributed by atoms with Gasteiger partial charge in [0.25, 0.3) is 0 Å². The second-order valence-electron chi connectivity index (χ2n) is 6.66. The Balaban J connectivity index is 1.88. The number of benzene rings is 2. The van der Waals surface area contributed by atoms with E-state index in [9.17, 15) is 4.39 Å². The first kappa shape index (κ1) is 17.8. The van der Waals surface area contributed by atoms with Crippen molar-refractivity contribution in [2.45, 2.75) is 13.3 Å². The summed E-state index contributed by atoms with van der Waals surface area (Å²) >= 11 is 0. The predicted molar refractivity (Wildman–Crippen MR) is 114 cm³/mol. The first-order chi connectivity index (χ1) is 13.6. The number of aryl methyl sites for hydroxylation is 1. The van der Waals surface area contributed by atoms with Crippen LogP contribution in [0.25, 0.3) is 28.0 Å². The van der Waals surface area contributed by atoms with Gasteiger partial charge in [0.2, 0.25) is 0 Å². The maximum absolute atomic E-state index is 13.3. The van der Waals surface area contributed by atoms with E-state index in [1.54, 1.807) is 18.3 Å². The van der Waals surface area contributed by atoms with Crippen LogP contribution in [0.5, 0.6) is 0 Å². The molecule has 0 aliphatic heterocycles. The summed E-state index contributed by atoms with van der Waals surface area (Å²) in [6, 6.07) is 16.5. The lowest BCUT2D eigenvalue weighted by Crippen LogP contribution is -2.03. The molecule has 0 radical (unpaired) electrons. The van der Waals surface area contributed by atoms with Crippen molar-refractivity contribution in [3.8, 4) is 11.3 Å². The Hall–Kier alpha value is -3.60. The van der Waals surface area contributed by atoms with Gasteiger partial charge in [0, 0.05) is 34.2 Å². The molecule has 28 heavy (non-hydrogen) atoms. The smallest absolute Gasteiger partial charge is 0.139 e. The molecule has 4 rings (SSSR count). The summed E-state index contributed by atoms with van der Waals surface area (Å²) in [5, 5.41) is 4.43. The van der Waals surface area contributed by atoms with Crippen LogP contribution in [0.3, 0.4) is 0 Å². The second-order valence-corrected chi connectivity index (χ2v) is 6.66. The van der Waals surface area contributed by atoms with E-state index in [4.69, 9.17) is 5.73 Å². The number of nitrogens with one attached hydrogen (secondary N) is 2. The molecule has 0 amide bonds. The molecule has 4 aromatic rings. The van der Waals surface area contributed by atoms with Gasteiger partial charge in [-0.3, -0.25) is 0 Å². The number of fused-ring (bicyclic) bond motifs is 1. The summed E-state index contributed by atoms with van der Waals surface area (Å²) in [6.45, 7) is 6.02. The quantitative estimate of drug-likeness (QED) is 0.427. The van der Waals surface area contributed by atoms with Gasteiger partial charge >= 0.3 is 0 Å². The number of anilines is 2. The molecule has 0 unspecified atom stereocenters. The molecule has 0 bridgehead atoms. The van der Waals surface area contributed by atoms with Crippen molar-refractivity contribution >= 4 is 28.1 Å². The third-order valence-electron chi connectivity index (χ3n) is 4.82. The first-order valence-electron chi connectivity index (χ1n) is 9.14. The number of nitrogens with zero attached hydrogens (tertiary/aromatic N) is 1. The summed E-state index contributed by atoms with van der Waals surface area (Å²) in [6.07, 6.45) is 2.62. The summed E-state index contributed by atoms with van der Waals surface area (Å²) in [5.41, 5.74) is 12.8. The number of para-hydroxylation sites is 1.